The van der Waals surface area contributed by atoms with Crippen LogP contribution in [0.1, 0.15) is 76.5 Å². The molecular weight excluding hydrogens is 398 g/mol. The van der Waals surface area contributed by atoms with Crippen molar-refractivity contribution in [3.63, 3.8) is 0 Å². The van der Waals surface area contributed by atoms with Crippen LogP contribution in [0.4, 0.5) is 0 Å². The number of amides is 1. The summed E-state index contributed by atoms with van der Waals surface area (Å²) in [5, 5.41) is 13.7. The van der Waals surface area contributed by atoms with Crippen molar-refractivity contribution in [3.8, 4) is 11.8 Å². The van der Waals surface area contributed by atoms with Gasteiger partial charge in [-0.15, -0.1) is 5.92 Å². The molecule has 160 valence electrons. The number of halogens is 1. The lowest BCUT2D eigenvalue weighted by Gasteiger charge is -2.43. The first-order valence-corrected chi connectivity index (χ1v) is 11.0. The monoisotopic (exact) mass is 427 g/mol. The van der Waals surface area contributed by atoms with E-state index in [4.69, 9.17) is 11.6 Å². The van der Waals surface area contributed by atoms with Gasteiger partial charge in [0.25, 0.3) is 5.91 Å². The molecule has 0 radical (unpaired) electrons. The van der Waals surface area contributed by atoms with Crippen molar-refractivity contribution >= 4 is 29.1 Å². The van der Waals surface area contributed by atoms with Gasteiger partial charge in [-0.3, -0.25) is 9.59 Å². The van der Waals surface area contributed by atoms with Crippen molar-refractivity contribution in [2.75, 3.05) is 0 Å². The highest BCUT2D eigenvalue weighted by Crippen LogP contribution is 2.52. The lowest BCUT2D eigenvalue weighted by Crippen LogP contribution is -2.51. The van der Waals surface area contributed by atoms with E-state index in [-0.39, 0.29) is 5.91 Å². The fourth-order valence-corrected chi connectivity index (χ4v) is 5.54. The maximum Gasteiger partial charge on any atom is 0.313 e. The standard InChI is InChI=1S/C25H30ClNO3/c1-6-8-17-13-15(3)19(18(26)14-17)20-21(24(4,5)23(29)30)25(27-22(20)28)11-9-16(7-2)10-12-25/h13-14,16H,7,9-12H2,1-5H3,(H,27,28)(H,29,30). The number of carbonyl (C=O) groups excluding carboxylic acids is 1. The van der Waals surface area contributed by atoms with Gasteiger partial charge in [-0.05, 0) is 82.6 Å². The summed E-state index contributed by atoms with van der Waals surface area (Å²) in [5.74, 6) is 5.31. The fraction of sp³-hybridized carbons (Fsp3) is 0.520. The minimum atomic E-state index is -1.20. The van der Waals surface area contributed by atoms with E-state index < -0.39 is 16.9 Å². The van der Waals surface area contributed by atoms with E-state index in [0.29, 0.717) is 27.7 Å². The quantitative estimate of drug-likeness (QED) is 0.636. The van der Waals surface area contributed by atoms with Gasteiger partial charge in [-0.25, -0.2) is 0 Å². The van der Waals surface area contributed by atoms with E-state index in [2.05, 4.69) is 24.1 Å². The molecule has 2 aliphatic rings. The molecule has 1 aliphatic carbocycles. The number of nitrogens with one attached hydrogen (secondary N) is 1. The molecule has 1 saturated carbocycles. The van der Waals surface area contributed by atoms with Gasteiger partial charge in [0.05, 0.1) is 21.5 Å². The number of benzene rings is 1. The summed E-state index contributed by atoms with van der Waals surface area (Å²) in [6, 6.07) is 3.66. The Bertz CT molecular complexity index is 962. The number of aliphatic carboxylic acids is 1. The molecule has 0 unspecified atom stereocenters. The zero-order valence-electron chi connectivity index (χ0n) is 18.4. The zero-order chi connectivity index (χ0) is 22.3. The Hall–Kier alpha value is -2.25. The van der Waals surface area contributed by atoms with E-state index in [1.165, 1.54) is 0 Å². The number of carbonyl (C=O) groups is 2. The fourth-order valence-electron chi connectivity index (χ4n) is 5.18. The molecule has 1 aliphatic heterocycles. The molecule has 1 heterocycles. The maximum atomic E-state index is 13.3. The lowest BCUT2D eigenvalue weighted by molar-refractivity contribution is -0.145. The highest BCUT2D eigenvalue weighted by Gasteiger charge is 2.54. The predicted octanol–water partition coefficient (Wildman–Crippen LogP) is 5.35. The summed E-state index contributed by atoms with van der Waals surface area (Å²) < 4.78 is 0. The maximum absolute atomic E-state index is 13.3. The normalized spacial score (nSPS) is 23.9. The molecule has 1 aromatic carbocycles. The largest absolute Gasteiger partial charge is 0.481 e. The Morgan fingerprint density at radius 1 is 1.33 bits per heavy atom. The van der Waals surface area contributed by atoms with Gasteiger partial charge in [-0.1, -0.05) is 30.9 Å². The third kappa shape index (κ3) is 3.65. The first-order valence-electron chi connectivity index (χ1n) is 10.6. The molecule has 0 aromatic heterocycles. The van der Waals surface area contributed by atoms with Crippen LogP contribution in [0.3, 0.4) is 0 Å². The van der Waals surface area contributed by atoms with E-state index in [1.807, 2.05) is 13.0 Å². The van der Waals surface area contributed by atoms with Crippen molar-refractivity contribution in [3.05, 3.63) is 39.4 Å². The molecule has 0 bridgehead atoms. The highest BCUT2D eigenvalue weighted by atomic mass is 35.5. The van der Waals surface area contributed by atoms with Crippen molar-refractivity contribution in [1.82, 2.24) is 5.32 Å². The van der Waals surface area contributed by atoms with Gasteiger partial charge < -0.3 is 10.4 Å². The molecule has 1 spiro atoms. The van der Waals surface area contributed by atoms with Gasteiger partial charge >= 0.3 is 5.97 Å². The second kappa shape index (κ2) is 8.12. The molecular formula is C25H30ClNO3. The van der Waals surface area contributed by atoms with Crippen LogP contribution >= 0.6 is 11.6 Å². The van der Waals surface area contributed by atoms with Crippen LogP contribution in [0.2, 0.25) is 5.02 Å². The van der Waals surface area contributed by atoms with E-state index >= 15 is 0 Å². The molecule has 2 N–H and O–H groups in total. The topological polar surface area (TPSA) is 66.4 Å². The zero-order valence-corrected chi connectivity index (χ0v) is 19.2. The molecule has 0 saturated heterocycles. The third-order valence-corrected chi connectivity index (χ3v) is 7.11. The number of carboxylic acids is 1. The Morgan fingerprint density at radius 3 is 2.47 bits per heavy atom. The molecule has 4 nitrogen and oxygen atoms in total. The highest BCUT2D eigenvalue weighted by molar-refractivity contribution is 6.36. The summed E-state index contributed by atoms with van der Waals surface area (Å²) >= 11 is 6.65. The Labute approximate surface area is 184 Å². The molecule has 1 amide bonds. The second-order valence-electron chi connectivity index (χ2n) is 9.09. The average molecular weight is 428 g/mol. The molecule has 1 fully saturated rings. The van der Waals surface area contributed by atoms with Gasteiger partial charge in [-0.2, -0.15) is 0 Å². The van der Waals surface area contributed by atoms with Crippen LogP contribution in [0, 0.1) is 30.1 Å². The molecule has 1 aromatic rings. The van der Waals surface area contributed by atoms with Gasteiger partial charge in [0, 0.05) is 11.1 Å². The number of aryl methyl sites for hydroxylation is 1. The summed E-state index contributed by atoms with van der Waals surface area (Å²) in [4.78, 5) is 25.7. The Kier molecular flexibility index (Phi) is 6.07. The van der Waals surface area contributed by atoms with Crippen LogP contribution in [0.15, 0.2) is 17.7 Å². The Balaban J connectivity index is 2.28. The average Bonchev–Trinajstić information content (AvgIpc) is 2.94. The lowest BCUT2D eigenvalue weighted by atomic mass is 9.64. The second-order valence-corrected chi connectivity index (χ2v) is 9.50. The SMILES string of the molecule is CC#Cc1cc(C)c(C2=C(C(C)(C)C(=O)O)C3(CCC(CC)CC3)NC2=O)c(Cl)c1. The number of rotatable bonds is 4. The number of hydrogen-bond donors (Lipinski definition) is 2. The van der Waals surface area contributed by atoms with Crippen LogP contribution in [-0.2, 0) is 9.59 Å². The first-order chi connectivity index (χ1) is 14.1. The molecule has 0 atom stereocenters. The number of carboxylic acid groups (broad SMARTS) is 1. The third-order valence-electron chi connectivity index (χ3n) is 6.81. The van der Waals surface area contributed by atoms with E-state index in [1.54, 1.807) is 26.8 Å². The summed E-state index contributed by atoms with van der Waals surface area (Å²) in [6.07, 6.45) is 4.55. The molecule has 3 rings (SSSR count). The van der Waals surface area contributed by atoms with E-state index in [0.717, 1.165) is 43.2 Å². The van der Waals surface area contributed by atoms with Crippen LogP contribution in [0.25, 0.3) is 5.57 Å². The summed E-state index contributed by atoms with van der Waals surface area (Å²) in [7, 11) is 0. The summed E-state index contributed by atoms with van der Waals surface area (Å²) in [6.45, 7) is 9.22. The van der Waals surface area contributed by atoms with Gasteiger partial charge in [0.1, 0.15) is 0 Å². The predicted molar refractivity (Wildman–Crippen MR) is 120 cm³/mol. The molecule has 30 heavy (non-hydrogen) atoms. The smallest absolute Gasteiger partial charge is 0.313 e. The minimum absolute atomic E-state index is 0.228. The van der Waals surface area contributed by atoms with Crippen molar-refractivity contribution < 1.29 is 14.7 Å². The molecule has 5 heteroatoms. The Morgan fingerprint density at radius 2 is 1.97 bits per heavy atom. The van der Waals surface area contributed by atoms with Crippen molar-refractivity contribution in [1.29, 1.82) is 0 Å². The van der Waals surface area contributed by atoms with Crippen molar-refractivity contribution in [2.45, 2.75) is 72.3 Å². The van der Waals surface area contributed by atoms with Crippen LogP contribution in [0.5, 0.6) is 0 Å². The van der Waals surface area contributed by atoms with Crippen LogP contribution < -0.4 is 5.32 Å². The van der Waals surface area contributed by atoms with Gasteiger partial charge in [0.2, 0.25) is 0 Å². The van der Waals surface area contributed by atoms with Crippen molar-refractivity contribution in [2.24, 2.45) is 11.3 Å². The summed E-state index contributed by atoms with van der Waals surface area (Å²) in [5.41, 5.74) is 1.48. The first kappa shape index (κ1) is 22.4. The van der Waals surface area contributed by atoms with Crippen LogP contribution in [-0.4, -0.2) is 22.5 Å². The number of hydrogen-bond acceptors (Lipinski definition) is 2. The van der Waals surface area contributed by atoms with Gasteiger partial charge in [0.15, 0.2) is 0 Å². The minimum Gasteiger partial charge on any atom is -0.481 e. The van der Waals surface area contributed by atoms with E-state index in [9.17, 15) is 14.7 Å².